The predicted molar refractivity (Wildman–Crippen MR) is 44.4 cm³/mol. The van der Waals surface area contributed by atoms with Gasteiger partial charge in [-0.2, -0.15) is 0 Å². The number of ether oxygens (including phenoxy) is 1. The molecule has 12 heavy (non-hydrogen) atoms. The van der Waals surface area contributed by atoms with Gasteiger partial charge in [0.1, 0.15) is 0 Å². The van der Waals surface area contributed by atoms with Gasteiger partial charge in [-0.05, 0) is 6.92 Å². The molecule has 0 bridgehead atoms. The number of likely N-dealkylation sites (N-methyl/N-ethyl adjacent to an activating group) is 1. The molecular weight excluding hydrogens is 161 g/mol. The lowest BCUT2D eigenvalue weighted by molar-refractivity contribution is -0.106. The highest BCUT2D eigenvalue weighted by Crippen LogP contribution is 1.96. The first kappa shape index (κ1) is 11.1. The molecule has 0 aromatic carbocycles. The largest absolute Gasteiger partial charge is 0.383 e. The van der Waals surface area contributed by atoms with E-state index < -0.39 is 5.83 Å². The van der Waals surface area contributed by atoms with Crippen molar-refractivity contribution in [2.45, 2.75) is 6.92 Å². The molecule has 4 heteroatoms. The molecule has 0 spiro atoms. The molecule has 70 valence electrons. The average molecular weight is 175 g/mol. The Balaban J connectivity index is 3.89. The van der Waals surface area contributed by atoms with Crippen molar-refractivity contribution in [2.24, 2.45) is 0 Å². The van der Waals surface area contributed by atoms with Crippen LogP contribution in [0, 0.1) is 0 Å². The number of nitrogens with zero attached hydrogens (tertiary/aromatic N) is 1. The van der Waals surface area contributed by atoms with Crippen molar-refractivity contribution < 1.29 is 13.9 Å². The van der Waals surface area contributed by atoms with E-state index in [1.807, 2.05) is 6.92 Å². The van der Waals surface area contributed by atoms with Gasteiger partial charge in [0.15, 0.2) is 12.1 Å². The molecule has 3 nitrogen and oxygen atoms in total. The summed E-state index contributed by atoms with van der Waals surface area (Å²) < 4.78 is 17.2. The van der Waals surface area contributed by atoms with Gasteiger partial charge >= 0.3 is 0 Å². The molecule has 0 amide bonds. The number of allylic oxidation sites excluding steroid dienone is 1. The van der Waals surface area contributed by atoms with E-state index in [2.05, 4.69) is 0 Å². The highest BCUT2D eigenvalue weighted by atomic mass is 19.1. The number of hydrogen-bond donors (Lipinski definition) is 0. The van der Waals surface area contributed by atoms with Crippen LogP contribution >= 0.6 is 0 Å². The van der Waals surface area contributed by atoms with Gasteiger partial charge < -0.3 is 9.64 Å². The third-order valence-electron chi connectivity index (χ3n) is 1.41. The zero-order chi connectivity index (χ0) is 9.40. The van der Waals surface area contributed by atoms with E-state index >= 15 is 0 Å². The fraction of sp³-hybridized carbons (Fsp3) is 0.625. The van der Waals surface area contributed by atoms with Crippen LogP contribution in [0.5, 0.6) is 0 Å². The van der Waals surface area contributed by atoms with Gasteiger partial charge in [0.2, 0.25) is 0 Å². The Bertz CT molecular complexity index is 159. The minimum absolute atomic E-state index is 0.190. The maximum absolute atomic E-state index is 12.4. The maximum atomic E-state index is 12.4. The number of hydrogen-bond acceptors (Lipinski definition) is 3. The molecule has 0 saturated heterocycles. The monoisotopic (exact) mass is 175 g/mol. The Labute approximate surface area is 71.8 Å². The van der Waals surface area contributed by atoms with Crippen molar-refractivity contribution in [1.29, 1.82) is 0 Å². The Morgan fingerprint density at radius 2 is 2.33 bits per heavy atom. The van der Waals surface area contributed by atoms with E-state index in [9.17, 15) is 9.18 Å². The van der Waals surface area contributed by atoms with E-state index in [1.165, 1.54) is 6.20 Å². The molecule has 0 heterocycles. The topological polar surface area (TPSA) is 29.5 Å². The van der Waals surface area contributed by atoms with E-state index in [1.54, 1.807) is 12.0 Å². The van der Waals surface area contributed by atoms with Gasteiger partial charge in [-0.3, -0.25) is 4.79 Å². The van der Waals surface area contributed by atoms with Crippen LogP contribution in [0.1, 0.15) is 6.92 Å². The molecule has 0 saturated carbocycles. The number of methoxy groups -OCH3 is 1. The maximum Gasteiger partial charge on any atom is 0.179 e. The summed E-state index contributed by atoms with van der Waals surface area (Å²) in [6.07, 6.45) is 1.38. The third kappa shape index (κ3) is 4.85. The fourth-order valence-corrected chi connectivity index (χ4v) is 0.727. The predicted octanol–water partition coefficient (Wildman–Crippen LogP) is 0.964. The van der Waals surface area contributed by atoms with E-state index in [4.69, 9.17) is 4.74 Å². The van der Waals surface area contributed by atoms with Gasteiger partial charge in [-0.1, -0.05) is 0 Å². The van der Waals surface area contributed by atoms with E-state index in [0.717, 1.165) is 0 Å². The van der Waals surface area contributed by atoms with Crippen LogP contribution in [0.4, 0.5) is 4.39 Å². The normalized spacial score (nSPS) is 11.4. The summed E-state index contributed by atoms with van der Waals surface area (Å²) in [6, 6.07) is 0. The molecule has 0 atom stereocenters. The third-order valence-corrected chi connectivity index (χ3v) is 1.41. The van der Waals surface area contributed by atoms with Crippen LogP contribution in [0.25, 0.3) is 0 Å². The molecule has 0 aromatic rings. The van der Waals surface area contributed by atoms with Crippen molar-refractivity contribution in [1.82, 2.24) is 4.90 Å². The van der Waals surface area contributed by atoms with Crippen LogP contribution < -0.4 is 0 Å². The van der Waals surface area contributed by atoms with Crippen molar-refractivity contribution in [3.63, 3.8) is 0 Å². The molecule has 0 radical (unpaired) electrons. The zero-order valence-electron chi connectivity index (χ0n) is 7.42. The first-order valence-corrected chi connectivity index (χ1v) is 3.80. The highest BCUT2D eigenvalue weighted by Gasteiger charge is 1.98. The SMILES string of the molecule is CCN(/C=C(\F)C=O)CCOC. The summed E-state index contributed by atoms with van der Waals surface area (Å²) in [6.45, 7) is 3.65. The number of rotatable bonds is 6. The van der Waals surface area contributed by atoms with Gasteiger partial charge in [-0.15, -0.1) is 0 Å². The highest BCUT2D eigenvalue weighted by molar-refractivity contribution is 5.69. The Kier molecular flexibility index (Phi) is 6.28. The standard InChI is InChI=1S/C8H14FNO2/c1-3-10(4-5-12-2)6-8(9)7-11/h6-7H,3-5H2,1-2H3/b8-6-. The number of carbonyl (C=O) groups excluding carboxylic acids is 1. The second-order valence-electron chi connectivity index (χ2n) is 2.25. The van der Waals surface area contributed by atoms with E-state index in [-0.39, 0.29) is 6.29 Å². The van der Waals surface area contributed by atoms with Crippen LogP contribution in [0.3, 0.4) is 0 Å². The molecular formula is C8H14FNO2. The van der Waals surface area contributed by atoms with Crippen LogP contribution in [0.2, 0.25) is 0 Å². The molecule has 0 aromatic heterocycles. The van der Waals surface area contributed by atoms with Crippen molar-refractivity contribution in [3.05, 3.63) is 12.0 Å². The fourth-order valence-electron chi connectivity index (χ4n) is 0.727. The molecule has 0 aliphatic rings. The van der Waals surface area contributed by atoms with Gasteiger partial charge in [0, 0.05) is 26.4 Å². The van der Waals surface area contributed by atoms with Crippen molar-refractivity contribution in [2.75, 3.05) is 26.8 Å². The number of carbonyl (C=O) groups is 1. The minimum atomic E-state index is -0.757. The average Bonchev–Trinajstić information content (AvgIpc) is 2.11. The lowest BCUT2D eigenvalue weighted by Gasteiger charge is -2.16. The molecule has 0 unspecified atom stereocenters. The lowest BCUT2D eigenvalue weighted by atomic mass is 10.5. The first-order valence-electron chi connectivity index (χ1n) is 3.80. The van der Waals surface area contributed by atoms with Crippen LogP contribution in [-0.2, 0) is 9.53 Å². The summed E-state index contributed by atoms with van der Waals surface area (Å²) in [7, 11) is 1.58. The lowest BCUT2D eigenvalue weighted by Crippen LogP contribution is -2.21. The van der Waals surface area contributed by atoms with Crippen LogP contribution in [-0.4, -0.2) is 38.0 Å². The molecule has 0 aliphatic carbocycles. The Morgan fingerprint density at radius 1 is 1.67 bits per heavy atom. The second kappa shape index (κ2) is 6.79. The summed E-state index contributed by atoms with van der Waals surface area (Å²) in [5, 5.41) is 0. The molecule has 0 N–H and O–H groups in total. The van der Waals surface area contributed by atoms with E-state index in [0.29, 0.717) is 19.7 Å². The molecule has 0 rings (SSSR count). The van der Waals surface area contributed by atoms with Gasteiger partial charge in [0.05, 0.1) is 6.61 Å². The molecule has 0 fully saturated rings. The number of halogens is 1. The van der Waals surface area contributed by atoms with Crippen molar-refractivity contribution >= 4 is 6.29 Å². The Hall–Kier alpha value is -0.900. The minimum Gasteiger partial charge on any atom is -0.383 e. The quantitative estimate of drug-likeness (QED) is 0.445. The first-order chi connectivity index (χ1) is 5.74. The van der Waals surface area contributed by atoms with Crippen molar-refractivity contribution in [3.8, 4) is 0 Å². The summed E-state index contributed by atoms with van der Waals surface area (Å²) in [5.74, 6) is -0.757. The van der Waals surface area contributed by atoms with Crippen LogP contribution in [0.15, 0.2) is 12.0 Å². The molecule has 0 aliphatic heterocycles. The zero-order valence-corrected chi connectivity index (χ0v) is 7.42. The number of aldehydes is 1. The second-order valence-corrected chi connectivity index (χ2v) is 2.25. The summed E-state index contributed by atoms with van der Waals surface area (Å²) in [4.78, 5) is 11.6. The van der Waals surface area contributed by atoms with Gasteiger partial charge in [-0.25, -0.2) is 4.39 Å². The summed E-state index contributed by atoms with van der Waals surface area (Å²) >= 11 is 0. The Morgan fingerprint density at radius 3 is 2.75 bits per heavy atom. The van der Waals surface area contributed by atoms with Gasteiger partial charge in [0.25, 0.3) is 0 Å². The summed E-state index contributed by atoms with van der Waals surface area (Å²) in [5.41, 5.74) is 0. The smallest absolute Gasteiger partial charge is 0.179 e.